The number of hydrogen-bond acceptors (Lipinski definition) is 3. The van der Waals surface area contributed by atoms with Gasteiger partial charge in [-0.3, -0.25) is 4.79 Å². The van der Waals surface area contributed by atoms with Gasteiger partial charge in [-0.2, -0.15) is 0 Å². The number of hydrogen-bond donors (Lipinski definition) is 1. The van der Waals surface area contributed by atoms with E-state index in [1.165, 1.54) is 7.11 Å². The molecule has 0 saturated heterocycles. The number of carbonyl (C=O) groups is 1. The lowest BCUT2D eigenvalue weighted by Crippen LogP contribution is -2.29. The summed E-state index contributed by atoms with van der Waals surface area (Å²) in [5.41, 5.74) is 0. The fourth-order valence-corrected chi connectivity index (χ4v) is 1.22. The number of rotatable bonds is 1. The van der Waals surface area contributed by atoms with Crippen LogP contribution in [0.1, 0.15) is 12.8 Å². The Balaban J connectivity index is 2.57. The number of allylic oxidation sites excluding steroid dienone is 1. The van der Waals surface area contributed by atoms with Crippen molar-refractivity contribution in [3.05, 3.63) is 12.2 Å². The summed E-state index contributed by atoms with van der Waals surface area (Å²) >= 11 is 0. The molecule has 0 aromatic carbocycles. The molecule has 0 saturated carbocycles. The van der Waals surface area contributed by atoms with Crippen molar-refractivity contribution in [1.29, 1.82) is 0 Å². The molecule has 3 heteroatoms. The Morgan fingerprint density at radius 1 is 1.73 bits per heavy atom. The number of aliphatic hydroxyl groups is 1. The molecule has 0 heterocycles. The minimum Gasteiger partial charge on any atom is -0.469 e. The fraction of sp³-hybridized carbons (Fsp3) is 0.625. The number of ether oxygens (including phenoxy) is 1. The highest BCUT2D eigenvalue weighted by atomic mass is 16.5. The monoisotopic (exact) mass is 156 g/mol. The van der Waals surface area contributed by atoms with E-state index in [1.54, 1.807) is 6.08 Å². The number of aliphatic hydroxyl groups excluding tert-OH is 1. The first-order valence-electron chi connectivity index (χ1n) is 3.68. The second-order valence-electron chi connectivity index (χ2n) is 2.63. The Kier molecular flexibility index (Phi) is 2.65. The van der Waals surface area contributed by atoms with Gasteiger partial charge in [-0.15, -0.1) is 0 Å². The topological polar surface area (TPSA) is 46.5 Å². The van der Waals surface area contributed by atoms with Gasteiger partial charge in [-0.1, -0.05) is 12.2 Å². The molecule has 0 unspecified atom stereocenters. The Hall–Kier alpha value is -0.830. The predicted molar refractivity (Wildman–Crippen MR) is 39.9 cm³/mol. The molecule has 0 radical (unpaired) electrons. The summed E-state index contributed by atoms with van der Waals surface area (Å²) in [6.45, 7) is 0. The van der Waals surface area contributed by atoms with E-state index in [9.17, 15) is 9.90 Å². The Morgan fingerprint density at radius 2 is 2.45 bits per heavy atom. The zero-order chi connectivity index (χ0) is 8.27. The van der Waals surface area contributed by atoms with Crippen molar-refractivity contribution in [3.63, 3.8) is 0 Å². The Bertz CT molecular complexity index is 174. The summed E-state index contributed by atoms with van der Waals surface area (Å²) in [5.74, 6) is -0.674. The third-order valence-electron chi connectivity index (χ3n) is 1.89. The lowest BCUT2D eigenvalue weighted by atomic mass is 9.92. The van der Waals surface area contributed by atoms with Crippen LogP contribution in [0, 0.1) is 5.92 Å². The van der Waals surface area contributed by atoms with Crippen LogP contribution >= 0.6 is 0 Å². The smallest absolute Gasteiger partial charge is 0.311 e. The molecule has 1 rings (SSSR count). The van der Waals surface area contributed by atoms with Crippen LogP contribution in [-0.2, 0) is 9.53 Å². The predicted octanol–water partition coefficient (Wildman–Crippen LogP) is 0.486. The highest BCUT2D eigenvalue weighted by Crippen LogP contribution is 2.19. The summed E-state index contributed by atoms with van der Waals surface area (Å²) in [6, 6.07) is 0. The minimum absolute atomic E-state index is 0.318. The van der Waals surface area contributed by atoms with Crippen LogP contribution in [0.5, 0.6) is 0 Å². The van der Waals surface area contributed by atoms with E-state index in [2.05, 4.69) is 4.74 Å². The maximum atomic E-state index is 11.0. The number of esters is 1. The fourth-order valence-electron chi connectivity index (χ4n) is 1.22. The molecule has 0 fully saturated rings. The van der Waals surface area contributed by atoms with Gasteiger partial charge in [-0.25, -0.2) is 0 Å². The van der Waals surface area contributed by atoms with Crippen molar-refractivity contribution < 1.29 is 14.6 Å². The molecule has 0 amide bonds. The first-order chi connectivity index (χ1) is 5.25. The SMILES string of the molecule is COC(=O)[C@@H]1CCC=C[C@@H]1O. The van der Waals surface area contributed by atoms with Crippen LogP contribution in [0.25, 0.3) is 0 Å². The Morgan fingerprint density at radius 3 is 3.00 bits per heavy atom. The second kappa shape index (κ2) is 3.53. The standard InChI is InChI=1S/C8H12O3/c1-11-8(10)6-4-2-3-5-7(6)9/h3,5-7,9H,2,4H2,1H3/t6-,7+/m1/s1. The molecule has 0 bridgehead atoms. The van der Waals surface area contributed by atoms with E-state index in [4.69, 9.17) is 0 Å². The molecule has 0 aromatic rings. The normalized spacial score (nSPS) is 30.0. The van der Waals surface area contributed by atoms with Crippen molar-refractivity contribution >= 4 is 5.97 Å². The van der Waals surface area contributed by atoms with E-state index >= 15 is 0 Å². The summed E-state index contributed by atoms with van der Waals surface area (Å²) in [4.78, 5) is 11.0. The molecule has 0 aromatic heterocycles. The molecule has 1 N–H and O–H groups in total. The van der Waals surface area contributed by atoms with Crippen molar-refractivity contribution in [1.82, 2.24) is 0 Å². The molecule has 62 valence electrons. The van der Waals surface area contributed by atoms with E-state index in [-0.39, 0.29) is 11.9 Å². The highest BCUT2D eigenvalue weighted by molar-refractivity contribution is 5.73. The van der Waals surface area contributed by atoms with Gasteiger partial charge in [0.25, 0.3) is 0 Å². The molecule has 3 nitrogen and oxygen atoms in total. The van der Waals surface area contributed by atoms with Gasteiger partial charge in [0.05, 0.1) is 19.1 Å². The lowest BCUT2D eigenvalue weighted by Gasteiger charge is -2.20. The number of methoxy groups -OCH3 is 1. The summed E-state index contributed by atoms with van der Waals surface area (Å²) < 4.78 is 4.53. The number of carbonyl (C=O) groups excluding carboxylic acids is 1. The molecular weight excluding hydrogens is 144 g/mol. The first-order valence-corrected chi connectivity index (χ1v) is 3.68. The highest BCUT2D eigenvalue weighted by Gasteiger charge is 2.26. The van der Waals surface area contributed by atoms with Crippen molar-refractivity contribution in [2.24, 2.45) is 5.92 Å². The zero-order valence-electron chi connectivity index (χ0n) is 6.49. The molecule has 0 spiro atoms. The zero-order valence-corrected chi connectivity index (χ0v) is 6.49. The average molecular weight is 156 g/mol. The average Bonchev–Trinajstić information content (AvgIpc) is 2.04. The van der Waals surface area contributed by atoms with Crippen molar-refractivity contribution in [3.8, 4) is 0 Å². The van der Waals surface area contributed by atoms with Crippen LogP contribution < -0.4 is 0 Å². The Labute approximate surface area is 65.7 Å². The van der Waals surface area contributed by atoms with Crippen molar-refractivity contribution in [2.45, 2.75) is 18.9 Å². The van der Waals surface area contributed by atoms with Crippen LogP contribution in [0.4, 0.5) is 0 Å². The molecule has 11 heavy (non-hydrogen) atoms. The third-order valence-corrected chi connectivity index (χ3v) is 1.89. The van der Waals surface area contributed by atoms with E-state index in [0.717, 1.165) is 6.42 Å². The minimum atomic E-state index is -0.656. The molecular formula is C8H12O3. The summed E-state index contributed by atoms with van der Waals surface area (Å²) in [5, 5.41) is 9.28. The van der Waals surface area contributed by atoms with Crippen LogP contribution in [0.2, 0.25) is 0 Å². The van der Waals surface area contributed by atoms with Gasteiger partial charge in [-0.05, 0) is 12.8 Å². The van der Waals surface area contributed by atoms with Gasteiger partial charge in [0.15, 0.2) is 0 Å². The molecule has 1 aliphatic rings. The van der Waals surface area contributed by atoms with Gasteiger partial charge in [0.1, 0.15) is 0 Å². The quantitative estimate of drug-likeness (QED) is 0.444. The van der Waals surface area contributed by atoms with Crippen LogP contribution in [0.3, 0.4) is 0 Å². The van der Waals surface area contributed by atoms with Crippen LogP contribution in [-0.4, -0.2) is 24.3 Å². The van der Waals surface area contributed by atoms with E-state index in [1.807, 2.05) is 6.08 Å². The van der Waals surface area contributed by atoms with Crippen LogP contribution in [0.15, 0.2) is 12.2 Å². The first kappa shape index (κ1) is 8.27. The van der Waals surface area contributed by atoms with Gasteiger partial charge in [0, 0.05) is 0 Å². The lowest BCUT2D eigenvalue weighted by molar-refractivity contribution is -0.148. The third kappa shape index (κ3) is 1.80. The van der Waals surface area contributed by atoms with E-state index < -0.39 is 6.10 Å². The van der Waals surface area contributed by atoms with Crippen molar-refractivity contribution in [2.75, 3.05) is 7.11 Å². The molecule has 2 atom stereocenters. The van der Waals surface area contributed by atoms with Gasteiger partial charge >= 0.3 is 5.97 Å². The second-order valence-corrected chi connectivity index (χ2v) is 2.63. The molecule has 0 aliphatic heterocycles. The molecule has 1 aliphatic carbocycles. The summed E-state index contributed by atoms with van der Waals surface area (Å²) in [7, 11) is 1.34. The van der Waals surface area contributed by atoms with Gasteiger partial charge < -0.3 is 9.84 Å². The van der Waals surface area contributed by atoms with Gasteiger partial charge in [0.2, 0.25) is 0 Å². The maximum absolute atomic E-state index is 11.0. The largest absolute Gasteiger partial charge is 0.469 e. The maximum Gasteiger partial charge on any atom is 0.311 e. The van der Waals surface area contributed by atoms with E-state index in [0.29, 0.717) is 6.42 Å². The summed E-state index contributed by atoms with van der Waals surface area (Å²) in [6.07, 6.45) is 4.40.